The predicted molar refractivity (Wildman–Crippen MR) is 113 cm³/mol. The van der Waals surface area contributed by atoms with Crippen molar-refractivity contribution in [3.05, 3.63) is 29.8 Å². The number of aryl methyl sites for hydroxylation is 1. The zero-order valence-corrected chi connectivity index (χ0v) is 17.3. The second kappa shape index (κ2) is 9.14. The average Bonchev–Trinajstić information content (AvgIpc) is 2.94. The van der Waals surface area contributed by atoms with E-state index < -0.39 is 0 Å². The van der Waals surface area contributed by atoms with Gasteiger partial charge in [-0.3, -0.25) is 4.79 Å². The minimum atomic E-state index is -0.0985. The fraction of sp³-hybridized carbons (Fsp3) is 0.619. The van der Waals surface area contributed by atoms with Gasteiger partial charge in [0.15, 0.2) is 0 Å². The van der Waals surface area contributed by atoms with Crippen LogP contribution in [0.15, 0.2) is 24.3 Å². The van der Waals surface area contributed by atoms with Crippen LogP contribution in [0.5, 0.6) is 0 Å². The number of rotatable bonds is 2. The molecule has 3 aliphatic heterocycles. The first-order chi connectivity index (χ1) is 13.1. The SMILES string of the molecule is Cc1cccc(NC(=O)N2CCCC(C(=O)N3C4CCNCC3CC4)C2)c1.Cl. The summed E-state index contributed by atoms with van der Waals surface area (Å²) in [5.41, 5.74) is 1.93. The Hall–Kier alpha value is -1.79. The van der Waals surface area contributed by atoms with Crippen molar-refractivity contribution in [2.45, 2.75) is 51.1 Å². The van der Waals surface area contributed by atoms with E-state index in [9.17, 15) is 9.59 Å². The van der Waals surface area contributed by atoms with E-state index in [0.29, 0.717) is 18.6 Å². The minimum Gasteiger partial charge on any atom is -0.335 e. The molecule has 4 rings (SSSR count). The molecular formula is C21H31ClN4O2. The molecule has 3 amide bonds. The Labute approximate surface area is 173 Å². The van der Waals surface area contributed by atoms with E-state index in [1.807, 2.05) is 36.1 Å². The van der Waals surface area contributed by atoms with E-state index in [2.05, 4.69) is 15.5 Å². The number of urea groups is 1. The summed E-state index contributed by atoms with van der Waals surface area (Å²) in [6, 6.07) is 8.44. The lowest BCUT2D eigenvalue weighted by atomic mass is 9.96. The summed E-state index contributed by atoms with van der Waals surface area (Å²) in [7, 11) is 0. The van der Waals surface area contributed by atoms with Gasteiger partial charge < -0.3 is 20.4 Å². The van der Waals surface area contributed by atoms with Gasteiger partial charge in [-0.15, -0.1) is 12.4 Å². The van der Waals surface area contributed by atoms with Crippen LogP contribution >= 0.6 is 12.4 Å². The number of hydrogen-bond donors (Lipinski definition) is 2. The molecule has 1 aromatic rings. The molecule has 3 unspecified atom stereocenters. The monoisotopic (exact) mass is 406 g/mol. The highest BCUT2D eigenvalue weighted by Crippen LogP contribution is 2.31. The van der Waals surface area contributed by atoms with Gasteiger partial charge in [-0.2, -0.15) is 0 Å². The fourth-order valence-electron chi connectivity index (χ4n) is 4.84. The Morgan fingerprint density at radius 3 is 2.79 bits per heavy atom. The summed E-state index contributed by atoms with van der Waals surface area (Å²) < 4.78 is 0. The number of nitrogens with zero attached hydrogens (tertiary/aromatic N) is 2. The predicted octanol–water partition coefficient (Wildman–Crippen LogP) is 3.01. The van der Waals surface area contributed by atoms with Crippen molar-refractivity contribution < 1.29 is 9.59 Å². The lowest BCUT2D eigenvalue weighted by Crippen LogP contribution is -2.51. The van der Waals surface area contributed by atoms with Crippen LogP contribution in [-0.2, 0) is 4.79 Å². The van der Waals surface area contributed by atoms with Crippen LogP contribution in [0.1, 0.15) is 37.7 Å². The summed E-state index contributed by atoms with van der Waals surface area (Å²) in [6.45, 7) is 5.17. The van der Waals surface area contributed by atoms with Gasteiger partial charge in [-0.1, -0.05) is 12.1 Å². The fourth-order valence-corrected chi connectivity index (χ4v) is 4.84. The quantitative estimate of drug-likeness (QED) is 0.793. The van der Waals surface area contributed by atoms with Crippen LogP contribution in [0.4, 0.5) is 10.5 Å². The van der Waals surface area contributed by atoms with Gasteiger partial charge in [-0.25, -0.2) is 4.79 Å². The molecule has 2 bridgehead atoms. The standard InChI is InChI=1S/C21H30N4O2.ClH/c1-15-4-2-6-17(12-15)23-21(27)24-11-3-5-16(14-24)20(26)25-18-7-8-19(25)13-22-10-9-18;/h2,4,6,12,16,18-19,22H,3,5,7-11,13-14H2,1H3,(H,23,27);1H. The number of hydrogen-bond acceptors (Lipinski definition) is 3. The van der Waals surface area contributed by atoms with Crippen LogP contribution in [-0.4, -0.2) is 60.0 Å². The molecule has 3 aliphatic rings. The highest BCUT2D eigenvalue weighted by Gasteiger charge is 2.41. The van der Waals surface area contributed by atoms with Gasteiger partial charge >= 0.3 is 6.03 Å². The number of benzene rings is 1. The highest BCUT2D eigenvalue weighted by molar-refractivity contribution is 5.90. The molecule has 0 radical (unpaired) electrons. The molecule has 3 fully saturated rings. The van der Waals surface area contributed by atoms with E-state index in [4.69, 9.17) is 0 Å². The van der Waals surface area contributed by atoms with Crippen molar-refractivity contribution in [1.82, 2.24) is 15.1 Å². The molecule has 0 aliphatic carbocycles. The minimum absolute atomic E-state index is 0. The molecular weight excluding hydrogens is 376 g/mol. The number of carbonyl (C=O) groups is 2. The third-order valence-corrected chi connectivity index (χ3v) is 6.24. The number of likely N-dealkylation sites (tertiary alicyclic amines) is 1. The van der Waals surface area contributed by atoms with Crippen molar-refractivity contribution in [2.75, 3.05) is 31.5 Å². The number of piperidine rings is 1. The van der Waals surface area contributed by atoms with E-state index in [1.165, 1.54) is 0 Å². The lowest BCUT2D eigenvalue weighted by Gasteiger charge is -2.37. The normalized spacial score (nSPS) is 27.0. The number of carbonyl (C=O) groups excluding carboxylic acids is 2. The summed E-state index contributed by atoms with van der Waals surface area (Å²) in [4.78, 5) is 29.9. The van der Waals surface area contributed by atoms with Gasteiger partial charge in [-0.05, 0) is 63.3 Å². The zero-order chi connectivity index (χ0) is 18.8. The van der Waals surface area contributed by atoms with Crippen LogP contribution in [0.2, 0.25) is 0 Å². The Morgan fingerprint density at radius 1 is 1.14 bits per heavy atom. The lowest BCUT2D eigenvalue weighted by molar-refractivity contribution is -0.139. The van der Waals surface area contributed by atoms with Crippen LogP contribution in [0.3, 0.4) is 0 Å². The van der Waals surface area contributed by atoms with Crippen molar-refractivity contribution in [3.63, 3.8) is 0 Å². The van der Waals surface area contributed by atoms with Crippen LogP contribution < -0.4 is 10.6 Å². The summed E-state index contributed by atoms with van der Waals surface area (Å²) >= 11 is 0. The number of fused-ring (bicyclic) bond motifs is 2. The number of amides is 3. The molecule has 0 spiro atoms. The molecule has 28 heavy (non-hydrogen) atoms. The van der Waals surface area contributed by atoms with E-state index in [-0.39, 0.29) is 30.3 Å². The Morgan fingerprint density at radius 2 is 1.96 bits per heavy atom. The highest BCUT2D eigenvalue weighted by atomic mass is 35.5. The Balaban J connectivity index is 0.00000225. The third-order valence-electron chi connectivity index (χ3n) is 6.24. The maximum atomic E-state index is 13.3. The molecule has 7 heteroatoms. The maximum absolute atomic E-state index is 13.3. The van der Waals surface area contributed by atoms with Crippen LogP contribution in [0.25, 0.3) is 0 Å². The maximum Gasteiger partial charge on any atom is 0.321 e. The smallest absolute Gasteiger partial charge is 0.321 e. The second-order valence-corrected chi connectivity index (χ2v) is 8.21. The average molecular weight is 407 g/mol. The molecule has 0 aromatic heterocycles. The van der Waals surface area contributed by atoms with Crippen LogP contribution in [0, 0.1) is 12.8 Å². The van der Waals surface area contributed by atoms with Gasteiger partial charge in [0, 0.05) is 37.4 Å². The topological polar surface area (TPSA) is 64.7 Å². The van der Waals surface area contributed by atoms with Crippen molar-refractivity contribution >= 4 is 30.0 Å². The molecule has 6 nitrogen and oxygen atoms in total. The number of nitrogens with one attached hydrogen (secondary N) is 2. The molecule has 3 heterocycles. The first kappa shape index (κ1) is 20.9. The Kier molecular flexibility index (Phi) is 6.83. The Bertz CT molecular complexity index is 699. The van der Waals surface area contributed by atoms with Crippen molar-refractivity contribution in [3.8, 4) is 0 Å². The van der Waals surface area contributed by atoms with E-state index in [0.717, 1.165) is 63.0 Å². The van der Waals surface area contributed by atoms with Gasteiger partial charge in [0.1, 0.15) is 0 Å². The number of halogens is 1. The zero-order valence-electron chi connectivity index (χ0n) is 16.5. The van der Waals surface area contributed by atoms with Gasteiger partial charge in [0.05, 0.1) is 5.92 Å². The third kappa shape index (κ3) is 4.44. The molecule has 1 aromatic carbocycles. The molecule has 154 valence electrons. The van der Waals surface area contributed by atoms with Crippen molar-refractivity contribution in [2.24, 2.45) is 5.92 Å². The summed E-state index contributed by atoms with van der Waals surface area (Å²) in [5, 5.41) is 6.44. The molecule has 3 atom stereocenters. The van der Waals surface area contributed by atoms with E-state index >= 15 is 0 Å². The first-order valence-electron chi connectivity index (χ1n) is 10.3. The second-order valence-electron chi connectivity index (χ2n) is 8.21. The van der Waals surface area contributed by atoms with Crippen molar-refractivity contribution in [1.29, 1.82) is 0 Å². The largest absolute Gasteiger partial charge is 0.335 e. The summed E-state index contributed by atoms with van der Waals surface area (Å²) in [6.07, 6.45) is 5.05. The van der Waals surface area contributed by atoms with Gasteiger partial charge in [0.25, 0.3) is 0 Å². The molecule has 0 saturated carbocycles. The van der Waals surface area contributed by atoms with Gasteiger partial charge in [0.2, 0.25) is 5.91 Å². The number of anilines is 1. The summed E-state index contributed by atoms with van der Waals surface area (Å²) in [5.74, 6) is 0.197. The molecule has 2 N–H and O–H groups in total. The van der Waals surface area contributed by atoms with E-state index in [1.54, 1.807) is 0 Å². The first-order valence-corrected chi connectivity index (χ1v) is 10.3. The molecule has 3 saturated heterocycles.